The number of rotatable bonds is 7. The van der Waals surface area contributed by atoms with Gasteiger partial charge in [0.05, 0.1) is 0 Å². The van der Waals surface area contributed by atoms with Crippen LogP contribution in [-0.4, -0.2) is 18.0 Å². The Labute approximate surface area is 81.0 Å². The zero-order valence-corrected chi connectivity index (χ0v) is 8.24. The highest BCUT2D eigenvalue weighted by Crippen LogP contribution is 2.02. The minimum absolute atomic E-state index is 0.296. The van der Waals surface area contributed by atoms with Crippen molar-refractivity contribution in [2.24, 2.45) is 0 Å². The van der Waals surface area contributed by atoms with Gasteiger partial charge in [-0.05, 0) is 25.3 Å². The molecule has 0 aliphatic rings. The van der Waals surface area contributed by atoms with Crippen LogP contribution in [0.25, 0.3) is 0 Å². The van der Waals surface area contributed by atoms with E-state index < -0.39 is 0 Å². The van der Waals surface area contributed by atoms with Crippen molar-refractivity contribution in [3.63, 3.8) is 0 Å². The number of aliphatic hydroxyl groups is 1. The van der Waals surface area contributed by atoms with Crippen LogP contribution in [0.4, 0.5) is 0 Å². The van der Waals surface area contributed by atoms with Gasteiger partial charge in [0.1, 0.15) is 6.29 Å². The van der Waals surface area contributed by atoms with E-state index in [2.05, 4.69) is 13.2 Å². The molecule has 0 aliphatic heterocycles. The van der Waals surface area contributed by atoms with E-state index in [0.717, 1.165) is 38.4 Å². The van der Waals surface area contributed by atoms with Crippen LogP contribution < -0.4 is 0 Å². The number of carbonyl (C=O) groups excluding carboxylic acids is 1. The van der Waals surface area contributed by atoms with Crippen LogP contribution in [0, 0.1) is 0 Å². The fraction of sp³-hybridized carbons (Fsp3) is 0.545. The molecule has 0 spiro atoms. The lowest BCUT2D eigenvalue weighted by Gasteiger charge is -1.94. The molecule has 0 saturated heterocycles. The molecule has 0 radical (unpaired) electrons. The molecule has 0 fully saturated rings. The molecular weight excluding hydrogens is 164 g/mol. The maximum Gasteiger partial charge on any atom is 0.142 e. The molecule has 0 aliphatic carbocycles. The zero-order valence-electron chi connectivity index (χ0n) is 8.24. The molecule has 0 unspecified atom stereocenters. The Bertz CT molecular complexity index is 119. The summed E-state index contributed by atoms with van der Waals surface area (Å²) in [5.41, 5.74) is 0. The Morgan fingerprint density at radius 2 is 1.69 bits per heavy atom. The van der Waals surface area contributed by atoms with Crippen molar-refractivity contribution in [3.05, 3.63) is 25.3 Å². The lowest BCUT2D eigenvalue weighted by molar-refractivity contribution is -0.104. The first-order valence-corrected chi connectivity index (χ1v) is 4.63. The Balaban J connectivity index is 0. The number of carbonyl (C=O) groups is 1. The van der Waals surface area contributed by atoms with E-state index in [9.17, 15) is 4.79 Å². The number of hydrogen-bond donors (Lipinski definition) is 1. The molecule has 0 aromatic heterocycles. The minimum Gasteiger partial charge on any atom is -0.396 e. The molecule has 2 heteroatoms. The van der Waals surface area contributed by atoms with E-state index in [1.165, 1.54) is 6.08 Å². The topological polar surface area (TPSA) is 37.3 Å². The van der Waals surface area contributed by atoms with Gasteiger partial charge in [0.2, 0.25) is 0 Å². The van der Waals surface area contributed by atoms with E-state index in [1.54, 1.807) is 0 Å². The highest BCUT2D eigenvalue weighted by Gasteiger charge is 1.85. The average molecular weight is 184 g/mol. The maximum atomic E-state index is 9.82. The summed E-state index contributed by atoms with van der Waals surface area (Å²) in [5, 5.41) is 8.45. The highest BCUT2D eigenvalue weighted by molar-refractivity contribution is 5.64. The third-order valence-electron chi connectivity index (χ3n) is 1.49. The number of allylic oxidation sites excluding steroid dienone is 2. The van der Waals surface area contributed by atoms with Crippen molar-refractivity contribution < 1.29 is 9.90 Å². The van der Waals surface area contributed by atoms with Crippen molar-refractivity contribution in [2.45, 2.75) is 32.1 Å². The van der Waals surface area contributed by atoms with Gasteiger partial charge in [-0.25, -0.2) is 0 Å². The Morgan fingerprint density at radius 1 is 1.08 bits per heavy atom. The second-order valence-corrected chi connectivity index (χ2v) is 2.49. The van der Waals surface area contributed by atoms with E-state index in [-0.39, 0.29) is 0 Å². The third kappa shape index (κ3) is 18.2. The van der Waals surface area contributed by atoms with Gasteiger partial charge in [0.15, 0.2) is 0 Å². The van der Waals surface area contributed by atoms with Crippen molar-refractivity contribution in [2.75, 3.05) is 6.61 Å². The Kier molecular flexibility index (Phi) is 19.4. The average Bonchev–Trinajstić information content (AvgIpc) is 2.20. The molecule has 76 valence electrons. The lowest BCUT2D eigenvalue weighted by atomic mass is 10.1. The van der Waals surface area contributed by atoms with Crippen LogP contribution in [0.1, 0.15) is 32.1 Å². The summed E-state index contributed by atoms with van der Waals surface area (Å²) in [6.45, 7) is 6.30. The fourth-order valence-corrected chi connectivity index (χ4v) is 0.879. The van der Waals surface area contributed by atoms with Crippen LogP contribution in [0.15, 0.2) is 25.3 Å². The predicted octanol–water partition coefficient (Wildman–Crippen LogP) is 2.49. The van der Waals surface area contributed by atoms with Crippen LogP contribution in [-0.2, 0) is 4.79 Å². The normalized spacial score (nSPS) is 9.31. The number of aldehydes is 1. The SMILES string of the molecule is C=C.O=CC=CCCCCCCO. The summed E-state index contributed by atoms with van der Waals surface area (Å²) in [6.07, 6.45) is 9.44. The van der Waals surface area contributed by atoms with Gasteiger partial charge in [0.25, 0.3) is 0 Å². The zero-order chi connectivity index (χ0) is 10.4. The predicted molar refractivity (Wildman–Crippen MR) is 56.6 cm³/mol. The van der Waals surface area contributed by atoms with Crippen LogP contribution in [0.5, 0.6) is 0 Å². The molecular formula is C11H20O2. The molecule has 13 heavy (non-hydrogen) atoms. The number of aliphatic hydroxyl groups excluding tert-OH is 1. The first-order valence-electron chi connectivity index (χ1n) is 4.63. The first-order chi connectivity index (χ1) is 6.41. The molecule has 0 aromatic rings. The molecule has 0 rings (SSSR count). The Morgan fingerprint density at radius 3 is 2.23 bits per heavy atom. The summed E-state index contributed by atoms with van der Waals surface area (Å²) < 4.78 is 0. The lowest BCUT2D eigenvalue weighted by Crippen LogP contribution is -1.82. The Hall–Kier alpha value is -0.890. The van der Waals surface area contributed by atoms with Crippen molar-refractivity contribution in [1.29, 1.82) is 0 Å². The summed E-state index contributed by atoms with van der Waals surface area (Å²) in [7, 11) is 0. The van der Waals surface area contributed by atoms with Crippen molar-refractivity contribution >= 4 is 6.29 Å². The molecule has 1 N–H and O–H groups in total. The van der Waals surface area contributed by atoms with E-state index in [0.29, 0.717) is 6.61 Å². The summed E-state index contributed by atoms with van der Waals surface area (Å²) >= 11 is 0. The number of unbranched alkanes of at least 4 members (excludes halogenated alkanes) is 4. The van der Waals surface area contributed by atoms with Gasteiger partial charge in [0, 0.05) is 6.61 Å². The third-order valence-corrected chi connectivity index (χ3v) is 1.49. The molecule has 0 atom stereocenters. The van der Waals surface area contributed by atoms with Gasteiger partial charge in [-0.1, -0.05) is 18.9 Å². The summed E-state index contributed by atoms with van der Waals surface area (Å²) in [6, 6.07) is 0. The molecule has 0 heterocycles. The van der Waals surface area contributed by atoms with Crippen LogP contribution in [0.2, 0.25) is 0 Å². The second kappa shape index (κ2) is 17.3. The minimum atomic E-state index is 0.296. The standard InChI is InChI=1S/C9H16O2.C2H4/c10-8-6-4-2-1-3-5-7-9-11;1-2/h4,6,8,11H,1-3,5,7,9H2;1-2H2. The molecule has 0 saturated carbocycles. The maximum absolute atomic E-state index is 9.82. The van der Waals surface area contributed by atoms with Crippen LogP contribution in [0.3, 0.4) is 0 Å². The summed E-state index contributed by atoms with van der Waals surface area (Å²) in [4.78, 5) is 9.82. The largest absolute Gasteiger partial charge is 0.396 e. The molecule has 0 bridgehead atoms. The van der Waals surface area contributed by atoms with Crippen LogP contribution >= 0.6 is 0 Å². The van der Waals surface area contributed by atoms with E-state index >= 15 is 0 Å². The fourth-order valence-electron chi connectivity index (χ4n) is 0.879. The van der Waals surface area contributed by atoms with Crippen molar-refractivity contribution in [1.82, 2.24) is 0 Å². The van der Waals surface area contributed by atoms with Gasteiger partial charge >= 0.3 is 0 Å². The highest BCUT2D eigenvalue weighted by atomic mass is 16.2. The van der Waals surface area contributed by atoms with Gasteiger partial charge in [-0.15, -0.1) is 13.2 Å². The van der Waals surface area contributed by atoms with Gasteiger partial charge < -0.3 is 5.11 Å². The molecule has 0 aromatic carbocycles. The van der Waals surface area contributed by atoms with Gasteiger partial charge in [-0.3, -0.25) is 4.79 Å². The second-order valence-electron chi connectivity index (χ2n) is 2.49. The number of hydrogen-bond acceptors (Lipinski definition) is 2. The van der Waals surface area contributed by atoms with Crippen molar-refractivity contribution in [3.8, 4) is 0 Å². The molecule has 0 amide bonds. The van der Waals surface area contributed by atoms with Gasteiger partial charge in [-0.2, -0.15) is 0 Å². The molecule has 2 nitrogen and oxygen atoms in total. The van der Waals surface area contributed by atoms with E-state index in [1.807, 2.05) is 6.08 Å². The summed E-state index contributed by atoms with van der Waals surface area (Å²) in [5.74, 6) is 0. The quantitative estimate of drug-likeness (QED) is 0.286. The monoisotopic (exact) mass is 184 g/mol. The first kappa shape index (κ1) is 14.6. The van der Waals surface area contributed by atoms with E-state index in [4.69, 9.17) is 5.11 Å². The smallest absolute Gasteiger partial charge is 0.142 e.